The molecule has 1 aliphatic rings. The van der Waals surface area contributed by atoms with Crippen molar-refractivity contribution in [2.45, 2.75) is 32.1 Å². The number of nitrogens with zero attached hydrogens (tertiary/aromatic N) is 1. The molecule has 98 valence electrons. The zero-order valence-electron chi connectivity index (χ0n) is 11.3. The van der Waals surface area contributed by atoms with Crippen molar-refractivity contribution in [1.29, 1.82) is 0 Å². The van der Waals surface area contributed by atoms with Crippen LogP contribution in [0.15, 0.2) is 24.3 Å². The monoisotopic (exact) mass is 246 g/mol. The third kappa shape index (κ3) is 2.66. The molecule has 1 amide bonds. The summed E-state index contributed by atoms with van der Waals surface area (Å²) in [6.45, 7) is 3.78. The molecule has 0 saturated carbocycles. The Kier molecular flexibility index (Phi) is 4.24. The lowest BCUT2D eigenvalue weighted by Gasteiger charge is -2.21. The summed E-state index contributed by atoms with van der Waals surface area (Å²) in [5.74, 6) is 0.233. The van der Waals surface area contributed by atoms with Gasteiger partial charge in [0.2, 0.25) is 5.91 Å². The highest BCUT2D eigenvalue weighted by Crippen LogP contribution is 2.32. The summed E-state index contributed by atoms with van der Waals surface area (Å²) >= 11 is 0. The largest absolute Gasteiger partial charge is 0.384 e. The molecule has 1 aromatic rings. The SMILES string of the molecule is CCCCCN(C)C(=O)C1CNc2ccccc21. The fraction of sp³-hybridized carbons (Fsp3) is 0.533. The van der Waals surface area contributed by atoms with E-state index in [0.717, 1.165) is 30.8 Å². The summed E-state index contributed by atoms with van der Waals surface area (Å²) < 4.78 is 0. The van der Waals surface area contributed by atoms with E-state index in [2.05, 4.69) is 18.3 Å². The number of likely N-dealkylation sites (N-methyl/N-ethyl adjacent to an activating group) is 1. The first kappa shape index (κ1) is 12.9. The topological polar surface area (TPSA) is 32.3 Å². The van der Waals surface area contributed by atoms with E-state index in [-0.39, 0.29) is 11.8 Å². The third-order valence-corrected chi connectivity index (χ3v) is 3.60. The van der Waals surface area contributed by atoms with Crippen LogP contribution >= 0.6 is 0 Å². The van der Waals surface area contributed by atoms with Crippen molar-refractivity contribution in [2.24, 2.45) is 0 Å². The number of hydrogen-bond acceptors (Lipinski definition) is 2. The van der Waals surface area contributed by atoms with Crippen LogP contribution in [-0.4, -0.2) is 30.9 Å². The van der Waals surface area contributed by atoms with Crippen molar-refractivity contribution in [3.8, 4) is 0 Å². The Morgan fingerprint density at radius 3 is 2.94 bits per heavy atom. The van der Waals surface area contributed by atoms with Crippen LogP contribution < -0.4 is 5.32 Å². The molecule has 1 unspecified atom stereocenters. The number of fused-ring (bicyclic) bond motifs is 1. The van der Waals surface area contributed by atoms with Crippen molar-refractivity contribution >= 4 is 11.6 Å². The van der Waals surface area contributed by atoms with E-state index in [0.29, 0.717) is 0 Å². The van der Waals surface area contributed by atoms with Crippen molar-refractivity contribution < 1.29 is 4.79 Å². The number of unbranched alkanes of at least 4 members (excludes halogenated alkanes) is 2. The highest BCUT2D eigenvalue weighted by Gasteiger charge is 2.29. The molecule has 3 heteroatoms. The number of para-hydroxylation sites is 1. The number of hydrogen-bond donors (Lipinski definition) is 1. The van der Waals surface area contributed by atoms with E-state index in [4.69, 9.17) is 0 Å². The fourth-order valence-corrected chi connectivity index (χ4v) is 2.48. The maximum atomic E-state index is 12.4. The minimum absolute atomic E-state index is 0.00664. The molecule has 0 bridgehead atoms. The first-order valence-corrected chi connectivity index (χ1v) is 6.81. The summed E-state index contributed by atoms with van der Waals surface area (Å²) in [6.07, 6.45) is 3.48. The van der Waals surface area contributed by atoms with E-state index in [1.807, 2.05) is 30.1 Å². The van der Waals surface area contributed by atoms with Crippen LogP contribution in [0.3, 0.4) is 0 Å². The molecular weight excluding hydrogens is 224 g/mol. The minimum Gasteiger partial charge on any atom is -0.384 e. The molecule has 2 rings (SSSR count). The Labute approximate surface area is 109 Å². The Bertz CT molecular complexity index is 417. The third-order valence-electron chi connectivity index (χ3n) is 3.60. The fourth-order valence-electron chi connectivity index (χ4n) is 2.48. The highest BCUT2D eigenvalue weighted by molar-refractivity contribution is 5.88. The Morgan fingerprint density at radius 1 is 1.39 bits per heavy atom. The van der Waals surface area contributed by atoms with Crippen LogP contribution in [-0.2, 0) is 4.79 Å². The van der Waals surface area contributed by atoms with Crippen molar-refractivity contribution in [1.82, 2.24) is 4.90 Å². The predicted octanol–water partition coefficient (Wildman–Crippen LogP) is 2.84. The summed E-state index contributed by atoms with van der Waals surface area (Å²) in [5, 5.41) is 3.31. The zero-order chi connectivity index (χ0) is 13.0. The van der Waals surface area contributed by atoms with Gasteiger partial charge >= 0.3 is 0 Å². The number of carbonyl (C=O) groups excluding carboxylic acids is 1. The van der Waals surface area contributed by atoms with Gasteiger partial charge in [-0.05, 0) is 18.1 Å². The van der Waals surface area contributed by atoms with E-state index in [9.17, 15) is 4.79 Å². The summed E-state index contributed by atoms with van der Waals surface area (Å²) in [7, 11) is 1.92. The van der Waals surface area contributed by atoms with E-state index in [1.54, 1.807) is 0 Å². The second-order valence-corrected chi connectivity index (χ2v) is 4.99. The van der Waals surface area contributed by atoms with Crippen LogP contribution in [0.1, 0.15) is 37.7 Å². The second kappa shape index (κ2) is 5.89. The lowest BCUT2D eigenvalue weighted by molar-refractivity contribution is -0.131. The summed E-state index contributed by atoms with van der Waals surface area (Å²) in [5.41, 5.74) is 2.25. The van der Waals surface area contributed by atoms with Crippen LogP contribution in [0.4, 0.5) is 5.69 Å². The average Bonchev–Trinajstić information content (AvgIpc) is 2.82. The Balaban J connectivity index is 1.98. The van der Waals surface area contributed by atoms with E-state index >= 15 is 0 Å². The molecule has 0 radical (unpaired) electrons. The molecule has 0 spiro atoms. The standard InChI is InChI=1S/C15H22N2O/c1-3-4-7-10-17(2)15(18)13-11-16-14-9-6-5-8-12(13)14/h5-6,8-9,13,16H,3-4,7,10-11H2,1-2H3. The van der Waals surface area contributed by atoms with Gasteiger partial charge in [0, 0.05) is 25.8 Å². The van der Waals surface area contributed by atoms with Gasteiger partial charge in [-0.3, -0.25) is 4.79 Å². The van der Waals surface area contributed by atoms with Gasteiger partial charge in [0.05, 0.1) is 5.92 Å². The van der Waals surface area contributed by atoms with Gasteiger partial charge < -0.3 is 10.2 Å². The number of amides is 1. The molecule has 18 heavy (non-hydrogen) atoms. The van der Waals surface area contributed by atoms with Gasteiger partial charge in [-0.1, -0.05) is 38.0 Å². The van der Waals surface area contributed by atoms with Crippen LogP contribution in [0.5, 0.6) is 0 Å². The molecule has 1 N–H and O–H groups in total. The van der Waals surface area contributed by atoms with Gasteiger partial charge in [-0.2, -0.15) is 0 Å². The lowest BCUT2D eigenvalue weighted by Crippen LogP contribution is -2.33. The normalized spacial score (nSPS) is 17.1. The van der Waals surface area contributed by atoms with Crippen LogP contribution in [0.2, 0.25) is 0 Å². The molecular formula is C15H22N2O. The Hall–Kier alpha value is -1.51. The lowest BCUT2D eigenvalue weighted by atomic mass is 10.00. The Morgan fingerprint density at radius 2 is 2.17 bits per heavy atom. The molecule has 1 aliphatic heterocycles. The minimum atomic E-state index is -0.00664. The molecule has 0 saturated heterocycles. The number of benzene rings is 1. The first-order chi connectivity index (χ1) is 8.74. The quantitative estimate of drug-likeness (QED) is 0.810. The van der Waals surface area contributed by atoms with E-state index in [1.165, 1.54) is 12.8 Å². The molecule has 0 aliphatic carbocycles. The molecule has 1 heterocycles. The van der Waals surface area contributed by atoms with Crippen molar-refractivity contribution in [2.75, 3.05) is 25.5 Å². The molecule has 0 aromatic heterocycles. The first-order valence-electron chi connectivity index (χ1n) is 6.81. The second-order valence-electron chi connectivity index (χ2n) is 4.99. The zero-order valence-corrected chi connectivity index (χ0v) is 11.3. The summed E-state index contributed by atoms with van der Waals surface area (Å²) in [4.78, 5) is 14.3. The number of rotatable bonds is 5. The van der Waals surface area contributed by atoms with E-state index < -0.39 is 0 Å². The van der Waals surface area contributed by atoms with Gasteiger partial charge in [0.25, 0.3) is 0 Å². The predicted molar refractivity (Wildman–Crippen MR) is 74.8 cm³/mol. The van der Waals surface area contributed by atoms with Gasteiger partial charge in [0.15, 0.2) is 0 Å². The van der Waals surface area contributed by atoms with Gasteiger partial charge in [0.1, 0.15) is 0 Å². The number of nitrogens with one attached hydrogen (secondary N) is 1. The number of carbonyl (C=O) groups is 1. The van der Waals surface area contributed by atoms with Crippen LogP contribution in [0, 0.1) is 0 Å². The molecule has 1 atom stereocenters. The number of anilines is 1. The maximum Gasteiger partial charge on any atom is 0.231 e. The van der Waals surface area contributed by atoms with Crippen LogP contribution in [0.25, 0.3) is 0 Å². The molecule has 0 fully saturated rings. The summed E-state index contributed by atoms with van der Waals surface area (Å²) in [6, 6.07) is 8.10. The van der Waals surface area contributed by atoms with Crippen molar-refractivity contribution in [3.05, 3.63) is 29.8 Å². The smallest absolute Gasteiger partial charge is 0.231 e. The van der Waals surface area contributed by atoms with Gasteiger partial charge in [-0.15, -0.1) is 0 Å². The highest BCUT2D eigenvalue weighted by atomic mass is 16.2. The van der Waals surface area contributed by atoms with Crippen molar-refractivity contribution in [3.63, 3.8) is 0 Å². The maximum absolute atomic E-state index is 12.4. The molecule has 3 nitrogen and oxygen atoms in total. The van der Waals surface area contributed by atoms with Gasteiger partial charge in [-0.25, -0.2) is 0 Å². The average molecular weight is 246 g/mol. The molecule has 1 aromatic carbocycles.